The predicted molar refractivity (Wildman–Crippen MR) is 105 cm³/mol. The molecule has 2 rings (SSSR count). The lowest BCUT2D eigenvalue weighted by atomic mass is 10.1. The SMILES string of the molecule is CCC1=CC=C(NC(=O)OCc2ccccc2)C(O)N1CC(=O)OC(C)(C)C. The van der Waals surface area contributed by atoms with Crippen molar-refractivity contribution in [1.29, 1.82) is 0 Å². The van der Waals surface area contributed by atoms with E-state index in [9.17, 15) is 14.7 Å². The van der Waals surface area contributed by atoms with E-state index in [2.05, 4.69) is 5.32 Å². The van der Waals surface area contributed by atoms with Gasteiger partial charge in [0.2, 0.25) is 0 Å². The molecule has 1 heterocycles. The van der Waals surface area contributed by atoms with Crippen LogP contribution in [0.1, 0.15) is 39.7 Å². The molecular formula is C21H28N2O5. The highest BCUT2D eigenvalue weighted by atomic mass is 16.6. The number of nitrogens with one attached hydrogen (secondary N) is 1. The maximum absolute atomic E-state index is 12.2. The molecule has 1 atom stereocenters. The highest BCUT2D eigenvalue weighted by Gasteiger charge is 2.29. The third-order valence-corrected chi connectivity index (χ3v) is 3.94. The van der Waals surface area contributed by atoms with Gasteiger partial charge in [0, 0.05) is 5.70 Å². The van der Waals surface area contributed by atoms with Gasteiger partial charge >= 0.3 is 12.1 Å². The van der Waals surface area contributed by atoms with E-state index in [1.165, 1.54) is 4.90 Å². The third-order valence-electron chi connectivity index (χ3n) is 3.94. The van der Waals surface area contributed by atoms with Crippen LogP contribution in [0, 0.1) is 0 Å². The van der Waals surface area contributed by atoms with Gasteiger partial charge in [0.1, 0.15) is 18.8 Å². The van der Waals surface area contributed by atoms with Crippen LogP contribution in [0.3, 0.4) is 0 Å². The van der Waals surface area contributed by atoms with Gasteiger partial charge in [-0.2, -0.15) is 0 Å². The summed E-state index contributed by atoms with van der Waals surface area (Å²) in [6.45, 7) is 7.25. The van der Waals surface area contributed by atoms with E-state index in [0.29, 0.717) is 6.42 Å². The number of aliphatic hydroxyl groups excluding tert-OH is 1. The second-order valence-corrected chi connectivity index (χ2v) is 7.41. The van der Waals surface area contributed by atoms with Gasteiger partial charge in [0.05, 0.1) is 5.70 Å². The number of benzene rings is 1. The fourth-order valence-corrected chi connectivity index (χ4v) is 2.70. The minimum absolute atomic E-state index is 0.119. The first-order chi connectivity index (χ1) is 13.2. The third kappa shape index (κ3) is 6.42. The number of ether oxygens (including phenoxy) is 2. The number of esters is 1. The van der Waals surface area contributed by atoms with Crippen LogP contribution >= 0.6 is 0 Å². The van der Waals surface area contributed by atoms with Gasteiger partial charge in [0.15, 0.2) is 6.23 Å². The molecule has 0 spiro atoms. The molecule has 28 heavy (non-hydrogen) atoms. The van der Waals surface area contributed by atoms with Crippen molar-refractivity contribution < 1.29 is 24.2 Å². The average molecular weight is 388 g/mol. The number of aliphatic hydroxyl groups is 1. The fourth-order valence-electron chi connectivity index (χ4n) is 2.70. The molecule has 0 saturated heterocycles. The van der Waals surface area contributed by atoms with Crippen molar-refractivity contribution >= 4 is 12.1 Å². The van der Waals surface area contributed by atoms with Crippen LogP contribution in [0.2, 0.25) is 0 Å². The number of alkyl carbamates (subject to hydrolysis) is 1. The van der Waals surface area contributed by atoms with Crippen LogP contribution in [0.15, 0.2) is 53.9 Å². The van der Waals surface area contributed by atoms with Gasteiger partial charge in [-0.15, -0.1) is 0 Å². The Labute approximate surface area is 165 Å². The molecule has 1 aliphatic rings. The van der Waals surface area contributed by atoms with Crippen molar-refractivity contribution in [3.63, 3.8) is 0 Å². The molecule has 1 unspecified atom stereocenters. The monoisotopic (exact) mass is 388 g/mol. The van der Waals surface area contributed by atoms with E-state index in [0.717, 1.165) is 11.3 Å². The number of carbonyl (C=O) groups is 2. The first-order valence-corrected chi connectivity index (χ1v) is 9.24. The van der Waals surface area contributed by atoms with Crippen molar-refractivity contribution in [2.45, 2.75) is 52.6 Å². The topological polar surface area (TPSA) is 88.1 Å². The van der Waals surface area contributed by atoms with Crippen LogP contribution in [0.5, 0.6) is 0 Å². The summed E-state index contributed by atoms with van der Waals surface area (Å²) >= 11 is 0. The highest BCUT2D eigenvalue weighted by Crippen LogP contribution is 2.22. The number of carbonyl (C=O) groups excluding carboxylic acids is 2. The lowest BCUT2D eigenvalue weighted by Gasteiger charge is -2.35. The highest BCUT2D eigenvalue weighted by molar-refractivity contribution is 5.73. The molecule has 0 radical (unpaired) electrons. The summed E-state index contributed by atoms with van der Waals surface area (Å²) in [6, 6.07) is 9.29. The standard InChI is InChI=1S/C21H28N2O5/c1-5-16-11-12-17(19(25)23(16)13-18(24)28-21(2,3)4)22-20(26)27-14-15-9-7-6-8-10-15/h6-12,19,25H,5,13-14H2,1-4H3,(H,22,26). The van der Waals surface area contributed by atoms with Crippen molar-refractivity contribution in [3.05, 3.63) is 59.4 Å². The van der Waals surface area contributed by atoms with Gasteiger partial charge in [-0.25, -0.2) is 4.79 Å². The Bertz CT molecular complexity index is 750. The predicted octanol–water partition coefficient (Wildman–Crippen LogP) is 3.07. The first-order valence-electron chi connectivity index (χ1n) is 9.24. The van der Waals surface area contributed by atoms with E-state index < -0.39 is 23.9 Å². The Morgan fingerprint density at radius 1 is 1.18 bits per heavy atom. The number of amides is 1. The van der Waals surface area contributed by atoms with Crippen LogP contribution in [0.4, 0.5) is 4.79 Å². The van der Waals surface area contributed by atoms with Crippen molar-refractivity contribution in [2.24, 2.45) is 0 Å². The molecule has 7 heteroatoms. The van der Waals surface area contributed by atoms with Crippen LogP contribution in [-0.2, 0) is 20.9 Å². The van der Waals surface area contributed by atoms with E-state index >= 15 is 0 Å². The summed E-state index contributed by atoms with van der Waals surface area (Å²) < 4.78 is 10.5. The number of allylic oxidation sites excluding steroid dienone is 3. The average Bonchev–Trinajstić information content (AvgIpc) is 2.63. The molecule has 0 bridgehead atoms. The zero-order valence-electron chi connectivity index (χ0n) is 16.8. The van der Waals surface area contributed by atoms with Gasteiger partial charge in [-0.05, 0) is 44.9 Å². The molecule has 1 aliphatic heterocycles. The normalized spacial score (nSPS) is 16.8. The fraction of sp³-hybridized carbons (Fsp3) is 0.429. The van der Waals surface area contributed by atoms with Crippen LogP contribution in [0.25, 0.3) is 0 Å². The molecule has 2 N–H and O–H groups in total. The van der Waals surface area contributed by atoms with E-state index in [1.807, 2.05) is 37.3 Å². The quantitative estimate of drug-likeness (QED) is 0.728. The van der Waals surface area contributed by atoms with Gasteiger partial charge in [0.25, 0.3) is 0 Å². The van der Waals surface area contributed by atoms with Crippen molar-refractivity contribution in [2.75, 3.05) is 6.54 Å². The molecule has 152 valence electrons. The van der Waals surface area contributed by atoms with Gasteiger partial charge in [-0.1, -0.05) is 37.3 Å². The Hall–Kier alpha value is -2.80. The van der Waals surface area contributed by atoms with E-state index in [4.69, 9.17) is 9.47 Å². The van der Waals surface area contributed by atoms with Gasteiger partial charge in [-0.3, -0.25) is 10.1 Å². The Balaban J connectivity index is 1.98. The first kappa shape index (κ1) is 21.5. The largest absolute Gasteiger partial charge is 0.459 e. The van der Waals surface area contributed by atoms with Crippen molar-refractivity contribution in [3.8, 4) is 0 Å². The van der Waals surface area contributed by atoms with Crippen molar-refractivity contribution in [1.82, 2.24) is 10.2 Å². The van der Waals surface area contributed by atoms with Gasteiger partial charge < -0.3 is 19.5 Å². The summed E-state index contributed by atoms with van der Waals surface area (Å²) in [5.41, 5.74) is 1.24. The summed E-state index contributed by atoms with van der Waals surface area (Å²) in [4.78, 5) is 25.8. The molecule has 0 aliphatic carbocycles. The maximum Gasteiger partial charge on any atom is 0.411 e. The number of nitrogens with zero attached hydrogens (tertiary/aromatic N) is 1. The number of rotatable bonds is 6. The minimum atomic E-state index is -1.18. The Morgan fingerprint density at radius 3 is 2.46 bits per heavy atom. The Kier molecular flexibility index (Phi) is 7.23. The molecule has 7 nitrogen and oxygen atoms in total. The van der Waals surface area contributed by atoms with E-state index in [1.54, 1.807) is 32.9 Å². The summed E-state index contributed by atoms with van der Waals surface area (Å²) in [6.07, 6.45) is 2.11. The lowest BCUT2D eigenvalue weighted by molar-refractivity contribution is -0.157. The number of hydrogen-bond acceptors (Lipinski definition) is 6. The smallest absolute Gasteiger partial charge is 0.411 e. The molecule has 0 saturated carbocycles. The molecule has 1 amide bonds. The van der Waals surface area contributed by atoms with E-state index in [-0.39, 0.29) is 18.8 Å². The molecule has 1 aromatic carbocycles. The Morgan fingerprint density at radius 2 is 1.86 bits per heavy atom. The van der Waals surface area contributed by atoms with Crippen LogP contribution < -0.4 is 5.32 Å². The summed E-state index contributed by atoms with van der Waals surface area (Å²) in [5.74, 6) is -0.459. The summed E-state index contributed by atoms with van der Waals surface area (Å²) in [7, 11) is 0. The summed E-state index contributed by atoms with van der Waals surface area (Å²) in [5, 5.41) is 13.2. The van der Waals surface area contributed by atoms with Crippen LogP contribution in [-0.4, -0.2) is 40.4 Å². The second kappa shape index (κ2) is 9.41. The minimum Gasteiger partial charge on any atom is -0.459 e. The number of hydrogen-bond donors (Lipinski definition) is 2. The lowest BCUT2D eigenvalue weighted by Crippen LogP contribution is -2.46. The molecule has 0 fully saturated rings. The molecule has 1 aromatic rings. The maximum atomic E-state index is 12.2. The molecule has 0 aromatic heterocycles. The molecular weight excluding hydrogens is 360 g/mol. The second-order valence-electron chi connectivity index (χ2n) is 7.41. The zero-order chi connectivity index (χ0) is 20.7. The zero-order valence-corrected chi connectivity index (χ0v) is 16.8.